The van der Waals surface area contributed by atoms with Gasteiger partial charge in [-0.2, -0.15) is 0 Å². The van der Waals surface area contributed by atoms with E-state index < -0.39 is 0 Å². The van der Waals surface area contributed by atoms with Gasteiger partial charge in [0, 0.05) is 29.9 Å². The first-order valence-corrected chi connectivity index (χ1v) is 7.54. The summed E-state index contributed by atoms with van der Waals surface area (Å²) in [5.41, 5.74) is 2.84. The summed E-state index contributed by atoms with van der Waals surface area (Å²) in [6, 6.07) is 6.80. The van der Waals surface area contributed by atoms with Crippen LogP contribution >= 0.6 is 0 Å². The molecule has 0 spiro atoms. The zero-order valence-corrected chi connectivity index (χ0v) is 12.5. The maximum Gasteiger partial charge on any atom is 0.124 e. The van der Waals surface area contributed by atoms with E-state index in [1.807, 2.05) is 19.9 Å². The average molecular weight is 288 g/mol. The Morgan fingerprint density at radius 2 is 2.00 bits per heavy atom. The third kappa shape index (κ3) is 2.86. The molecule has 0 amide bonds. The highest BCUT2D eigenvalue weighted by Gasteiger charge is 2.24. The minimum Gasteiger partial charge on any atom is -0.393 e. The van der Waals surface area contributed by atoms with Crippen LogP contribution in [0, 0.1) is 18.7 Å². The van der Waals surface area contributed by atoms with Crippen LogP contribution in [0.1, 0.15) is 25.5 Å². The molecule has 1 atom stereocenters. The second-order valence-electron chi connectivity index (χ2n) is 6.01. The molecular weight excluding hydrogens is 267 g/mol. The number of aliphatic hydroxyl groups excluding tert-OH is 1. The number of nitrogens with zero attached hydrogens (tertiary/aromatic N) is 2. The molecule has 2 heterocycles. The molecule has 0 bridgehead atoms. The summed E-state index contributed by atoms with van der Waals surface area (Å²) in [4.78, 5) is 6.77. The maximum absolute atomic E-state index is 13.6. The van der Waals surface area contributed by atoms with Gasteiger partial charge in [-0.15, -0.1) is 0 Å². The fourth-order valence-electron chi connectivity index (χ4n) is 3.19. The van der Waals surface area contributed by atoms with Gasteiger partial charge in [-0.25, -0.2) is 4.39 Å². The number of anilines is 1. The van der Waals surface area contributed by atoms with Gasteiger partial charge in [0.15, 0.2) is 0 Å². The molecule has 3 nitrogen and oxygen atoms in total. The lowest BCUT2D eigenvalue weighted by molar-refractivity contribution is 0.110. The van der Waals surface area contributed by atoms with Gasteiger partial charge in [-0.1, -0.05) is 0 Å². The van der Waals surface area contributed by atoms with E-state index in [0.717, 1.165) is 48.2 Å². The fourth-order valence-corrected chi connectivity index (χ4v) is 3.19. The molecule has 3 rings (SSSR count). The largest absolute Gasteiger partial charge is 0.393 e. The van der Waals surface area contributed by atoms with Crippen LogP contribution in [0.5, 0.6) is 0 Å². The molecule has 1 aromatic carbocycles. The van der Waals surface area contributed by atoms with Gasteiger partial charge in [0.05, 0.1) is 11.6 Å². The van der Waals surface area contributed by atoms with Crippen molar-refractivity contribution < 1.29 is 9.50 Å². The number of benzene rings is 1. The standard InChI is InChI=1S/C17H21FN2O/c1-11-9-17(15-10-14(18)3-4-16(15)19-11)20-7-5-13(6-8-20)12(2)21/h3-4,9-10,12-13,21H,5-8H2,1-2H3. The Balaban J connectivity index is 1.95. The molecule has 1 aliphatic heterocycles. The highest BCUT2D eigenvalue weighted by molar-refractivity contribution is 5.92. The number of aryl methyl sites for hydroxylation is 1. The van der Waals surface area contributed by atoms with Crippen molar-refractivity contribution in [3.05, 3.63) is 35.8 Å². The predicted octanol–water partition coefficient (Wildman–Crippen LogP) is 3.28. The molecular formula is C17H21FN2O. The second-order valence-corrected chi connectivity index (χ2v) is 6.01. The minimum atomic E-state index is -0.250. The van der Waals surface area contributed by atoms with Gasteiger partial charge >= 0.3 is 0 Å². The van der Waals surface area contributed by atoms with Gasteiger partial charge in [0.2, 0.25) is 0 Å². The number of fused-ring (bicyclic) bond motifs is 1. The summed E-state index contributed by atoms with van der Waals surface area (Å²) in [7, 11) is 0. The van der Waals surface area contributed by atoms with Crippen molar-refractivity contribution in [2.24, 2.45) is 5.92 Å². The number of piperidine rings is 1. The van der Waals surface area contributed by atoms with E-state index in [1.165, 1.54) is 6.07 Å². The number of halogens is 1. The first-order valence-electron chi connectivity index (χ1n) is 7.54. The molecule has 1 unspecified atom stereocenters. The van der Waals surface area contributed by atoms with Crippen LogP contribution in [0.2, 0.25) is 0 Å². The zero-order valence-electron chi connectivity index (χ0n) is 12.5. The molecule has 4 heteroatoms. The van der Waals surface area contributed by atoms with Crippen molar-refractivity contribution >= 4 is 16.6 Å². The number of aromatic nitrogens is 1. The van der Waals surface area contributed by atoms with Gasteiger partial charge in [0.1, 0.15) is 5.82 Å². The van der Waals surface area contributed by atoms with Gasteiger partial charge < -0.3 is 10.0 Å². The van der Waals surface area contributed by atoms with Crippen LogP contribution in [0.25, 0.3) is 10.9 Å². The summed E-state index contributed by atoms with van der Waals surface area (Å²) in [6.07, 6.45) is 1.69. The molecule has 1 saturated heterocycles. The molecule has 2 aromatic rings. The maximum atomic E-state index is 13.6. The van der Waals surface area contributed by atoms with E-state index in [0.29, 0.717) is 5.92 Å². The van der Waals surface area contributed by atoms with Gasteiger partial charge in [-0.3, -0.25) is 4.98 Å². The number of pyridine rings is 1. The van der Waals surface area contributed by atoms with Crippen molar-refractivity contribution in [3.8, 4) is 0 Å². The van der Waals surface area contributed by atoms with Crippen LogP contribution in [0.15, 0.2) is 24.3 Å². The lowest BCUT2D eigenvalue weighted by Crippen LogP contribution is -2.37. The summed E-state index contributed by atoms with van der Waals surface area (Å²) >= 11 is 0. The highest BCUT2D eigenvalue weighted by atomic mass is 19.1. The van der Waals surface area contributed by atoms with Gasteiger partial charge in [0.25, 0.3) is 0 Å². The van der Waals surface area contributed by atoms with Crippen LogP contribution < -0.4 is 4.90 Å². The Bertz CT molecular complexity index is 649. The molecule has 21 heavy (non-hydrogen) atoms. The molecule has 0 saturated carbocycles. The number of rotatable bonds is 2. The Hall–Kier alpha value is -1.68. The first kappa shape index (κ1) is 14.3. The van der Waals surface area contributed by atoms with Crippen molar-refractivity contribution in [3.63, 3.8) is 0 Å². The summed E-state index contributed by atoms with van der Waals surface area (Å²) < 4.78 is 13.6. The zero-order chi connectivity index (χ0) is 15.0. The van der Waals surface area contributed by atoms with E-state index in [9.17, 15) is 9.50 Å². The summed E-state index contributed by atoms with van der Waals surface area (Å²) in [5.74, 6) is 0.139. The van der Waals surface area contributed by atoms with Crippen molar-refractivity contribution in [1.29, 1.82) is 0 Å². The number of aliphatic hydroxyl groups is 1. The summed E-state index contributed by atoms with van der Waals surface area (Å²) in [6.45, 7) is 5.62. The Labute approximate surface area is 124 Å². The van der Waals surface area contributed by atoms with Gasteiger partial charge in [-0.05, 0) is 56.9 Å². The topological polar surface area (TPSA) is 36.4 Å². The Morgan fingerprint density at radius 1 is 1.29 bits per heavy atom. The first-order chi connectivity index (χ1) is 10.0. The lowest BCUT2D eigenvalue weighted by atomic mass is 9.91. The van der Waals surface area contributed by atoms with Crippen molar-refractivity contribution in [2.75, 3.05) is 18.0 Å². The quantitative estimate of drug-likeness (QED) is 0.921. The Morgan fingerprint density at radius 3 is 2.67 bits per heavy atom. The minimum absolute atomic E-state index is 0.228. The molecule has 112 valence electrons. The van der Waals surface area contributed by atoms with E-state index in [4.69, 9.17) is 0 Å². The molecule has 0 aliphatic carbocycles. The van der Waals surface area contributed by atoms with Crippen LogP contribution in [-0.2, 0) is 0 Å². The molecule has 1 N–H and O–H groups in total. The molecule has 1 aromatic heterocycles. The Kier molecular flexibility index (Phi) is 3.81. The number of hydrogen-bond acceptors (Lipinski definition) is 3. The smallest absolute Gasteiger partial charge is 0.124 e. The number of hydrogen-bond donors (Lipinski definition) is 1. The van der Waals surface area contributed by atoms with E-state index in [1.54, 1.807) is 12.1 Å². The van der Waals surface area contributed by atoms with E-state index >= 15 is 0 Å². The van der Waals surface area contributed by atoms with Crippen molar-refractivity contribution in [1.82, 2.24) is 4.98 Å². The molecule has 0 radical (unpaired) electrons. The van der Waals surface area contributed by atoms with Crippen molar-refractivity contribution in [2.45, 2.75) is 32.8 Å². The summed E-state index contributed by atoms with van der Waals surface area (Å²) in [5, 5.41) is 10.6. The lowest BCUT2D eigenvalue weighted by Gasteiger charge is -2.35. The SMILES string of the molecule is Cc1cc(N2CCC(C(C)O)CC2)c2cc(F)ccc2n1. The van der Waals surface area contributed by atoms with Crippen LogP contribution in [0.3, 0.4) is 0 Å². The third-order valence-electron chi connectivity index (χ3n) is 4.44. The van der Waals surface area contributed by atoms with E-state index in [2.05, 4.69) is 9.88 Å². The normalized spacial score (nSPS) is 18.2. The average Bonchev–Trinajstić information content (AvgIpc) is 2.47. The monoisotopic (exact) mass is 288 g/mol. The predicted molar refractivity (Wildman–Crippen MR) is 83.1 cm³/mol. The molecule has 1 fully saturated rings. The fraction of sp³-hybridized carbons (Fsp3) is 0.471. The van der Waals surface area contributed by atoms with E-state index in [-0.39, 0.29) is 11.9 Å². The third-order valence-corrected chi connectivity index (χ3v) is 4.44. The molecule has 1 aliphatic rings. The highest BCUT2D eigenvalue weighted by Crippen LogP contribution is 2.31. The van der Waals surface area contributed by atoms with Crippen LogP contribution in [0.4, 0.5) is 10.1 Å². The van der Waals surface area contributed by atoms with Crippen LogP contribution in [-0.4, -0.2) is 29.3 Å². The second kappa shape index (κ2) is 5.60.